The van der Waals surface area contributed by atoms with Crippen LogP contribution in [0.5, 0.6) is 0 Å². The maximum atomic E-state index is 11.6. The third-order valence-corrected chi connectivity index (χ3v) is 3.25. The maximum absolute atomic E-state index is 11.6. The van der Waals surface area contributed by atoms with E-state index in [1.807, 2.05) is 12.1 Å². The second-order valence-electron chi connectivity index (χ2n) is 3.73. The van der Waals surface area contributed by atoms with E-state index in [-0.39, 0.29) is 17.7 Å². The number of aromatic nitrogens is 1. The average Bonchev–Trinajstić information content (AvgIpc) is 2.29. The van der Waals surface area contributed by atoms with Gasteiger partial charge in [-0.15, -0.1) is 0 Å². The quantitative estimate of drug-likeness (QED) is 0.661. The van der Waals surface area contributed by atoms with Gasteiger partial charge in [-0.1, -0.05) is 22.0 Å². The van der Waals surface area contributed by atoms with E-state index in [0.29, 0.717) is 12.8 Å². The van der Waals surface area contributed by atoms with E-state index in [1.54, 1.807) is 6.20 Å². The molecule has 0 spiro atoms. The fourth-order valence-electron chi connectivity index (χ4n) is 1.70. The summed E-state index contributed by atoms with van der Waals surface area (Å²) in [5.41, 5.74) is 1.80. The van der Waals surface area contributed by atoms with Crippen molar-refractivity contribution in [2.45, 2.75) is 24.1 Å². The summed E-state index contributed by atoms with van der Waals surface area (Å²) in [6.07, 6.45) is 2.68. The zero-order valence-corrected chi connectivity index (χ0v) is 10.2. The molecular weight excluding hydrogens is 272 g/mol. The van der Waals surface area contributed by atoms with Crippen molar-refractivity contribution >= 4 is 27.7 Å². The number of alkyl halides is 1. The predicted octanol–water partition coefficient (Wildman–Crippen LogP) is 1.50. The van der Waals surface area contributed by atoms with E-state index in [2.05, 4.69) is 26.2 Å². The predicted molar refractivity (Wildman–Crippen MR) is 62.0 cm³/mol. The number of carbonyl (C=O) groups is 2. The molecular formula is C11H11BrN2O2. The Morgan fingerprint density at radius 3 is 2.81 bits per heavy atom. The minimum atomic E-state index is -0.290. The number of piperidine rings is 1. The Balaban J connectivity index is 2.17. The van der Waals surface area contributed by atoms with Gasteiger partial charge in [-0.25, -0.2) is 0 Å². The molecule has 2 amide bonds. The van der Waals surface area contributed by atoms with Gasteiger partial charge >= 0.3 is 0 Å². The fraction of sp³-hybridized carbons (Fsp3) is 0.364. The van der Waals surface area contributed by atoms with Gasteiger partial charge in [0.25, 0.3) is 0 Å². The number of nitrogens with one attached hydrogen (secondary N) is 1. The van der Waals surface area contributed by atoms with Crippen LogP contribution in [0.3, 0.4) is 0 Å². The Morgan fingerprint density at radius 2 is 2.25 bits per heavy atom. The molecule has 1 atom stereocenters. The molecule has 0 aliphatic carbocycles. The lowest BCUT2D eigenvalue weighted by atomic mass is 9.94. The lowest BCUT2D eigenvalue weighted by Crippen LogP contribution is -2.39. The molecule has 1 N–H and O–H groups in total. The average molecular weight is 283 g/mol. The molecule has 1 aliphatic rings. The SMILES string of the molecule is O=C1CCC(c2ccc(CBr)cn2)C(=O)N1. The summed E-state index contributed by atoms with van der Waals surface area (Å²) in [7, 11) is 0. The first kappa shape index (κ1) is 11.3. The van der Waals surface area contributed by atoms with Gasteiger partial charge in [0.05, 0.1) is 11.6 Å². The van der Waals surface area contributed by atoms with Gasteiger partial charge in [0.1, 0.15) is 0 Å². The number of halogens is 1. The van der Waals surface area contributed by atoms with Crippen LogP contribution in [-0.2, 0) is 14.9 Å². The number of carbonyl (C=O) groups excluding carboxylic acids is 2. The van der Waals surface area contributed by atoms with Crippen molar-refractivity contribution in [1.29, 1.82) is 0 Å². The second-order valence-corrected chi connectivity index (χ2v) is 4.29. The third-order valence-electron chi connectivity index (χ3n) is 2.60. The molecule has 2 rings (SSSR count). The van der Waals surface area contributed by atoms with Gasteiger partial charge in [0.15, 0.2) is 0 Å². The highest BCUT2D eigenvalue weighted by atomic mass is 79.9. The van der Waals surface area contributed by atoms with E-state index in [1.165, 1.54) is 0 Å². The van der Waals surface area contributed by atoms with Gasteiger partial charge in [0.2, 0.25) is 11.8 Å². The van der Waals surface area contributed by atoms with Crippen molar-refractivity contribution in [3.05, 3.63) is 29.6 Å². The highest BCUT2D eigenvalue weighted by molar-refractivity contribution is 9.08. The maximum Gasteiger partial charge on any atom is 0.235 e. The Labute approximate surface area is 102 Å². The number of hydrogen-bond acceptors (Lipinski definition) is 3. The Bertz CT molecular complexity index is 416. The van der Waals surface area contributed by atoms with Gasteiger partial charge < -0.3 is 0 Å². The lowest BCUT2D eigenvalue weighted by molar-refractivity contribution is -0.134. The molecule has 2 heterocycles. The number of amides is 2. The summed E-state index contributed by atoms with van der Waals surface area (Å²) in [5, 5.41) is 3.07. The number of rotatable bonds is 2. The minimum absolute atomic E-state index is 0.196. The summed E-state index contributed by atoms with van der Waals surface area (Å²) in [5.74, 6) is -0.726. The largest absolute Gasteiger partial charge is 0.296 e. The molecule has 4 nitrogen and oxygen atoms in total. The molecule has 1 aromatic rings. The van der Waals surface area contributed by atoms with Crippen molar-refractivity contribution in [2.24, 2.45) is 0 Å². The van der Waals surface area contributed by atoms with Crippen LogP contribution in [0.15, 0.2) is 18.3 Å². The van der Waals surface area contributed by atoms with E-state index in [0.717, 1.165) is 16.6 Å². The Morgan fingerprint density at radius 1 is 1.44 bits per heavy atom. The highest BCUT2D eigenvalue weighted by Crippen LogP contribution is 2.23. The van der Waals surface area contributed by atoms with Crippen molar-refractivity contribution in [2.75, 3.05) is 0 Å². The van der Waals surface area contributed by atoms with Crippen LogP contribution in [0.25, 0.3) is 0 Å². The van der Waals surface area contributed by atoms with Crippen LogP contribution in [-0.4, -0.2) is 16.8 Å². The molecule has 0 aromatic carbocycles. The number of hydrogen-bond donors (Lipinski definition) is 1. The Hall–Kier alpha value is -1.23. The molecule has 5 heteroatoms. The van der Waals surface area contributed by atoms with Crippen LogP contribution in [0, 0.1) is 0 Å². The molecule has 1 aliphatic heterocycles. The highest BCUT2D eigenvalue weighted by Gasteiger charge is 2.28. The number of nitrogens with zero attached hydrogens (tertiary/aromatic N) is 1. The number of imide groups is 1. The van der Waals surface area contributed by atoms with E-state index in [4.69, 9.17) is 0 Å². The van der Waals surface area contributed by atoms with E-state index < -0.39 is 0 Å². The van der Waals surface area contributed by atoms with Crippen LogP contribution < -0.4 is 5.32 Å². The first-order valence-corrected chi connectivity index (χ1v) is 6.17. The van der Waals surface area contributed by atoms with Crippen molar-refractivity contribution in [1.82, 2.24) is 10.3 Å². The monoisotopic (exact) mass is 282 g/mol. The van der Waals surface area contributed by atoms with Crippen molar-refractivity contribution in [3.8, 4) is 0 Å². The summed E-state index contributed by atoms with van der Waals surface area (Å²) in [6, 6.07) is 3.78. The first-order valence-electron chi connectivity index (χ1n) is 5.05. The molecule has 16 heavy (non-hydrogen) atoms. The molecule has 1 saturated heterocycles. The zero-order chi connectivity index (χ0) is 11.5. The summed E-state index contributed by atoms with van der Waals surface area (Å²) < 4.78 is 0. The van der Waals surface area contributed by atoms with Gasteiger partial charge in [-0.05, 0) is 18.1 Å². The fourth-order valence-corrected chi connectivity index (χ4v) is 2.03. The van der Waals surface area contributed by atoms with Crippen LogP contribution in [0.4, 0.5) is 0 Å². The van der Waals surface area contributed by atoms with Crippen molar-refractivity contribution in [3.63, 3.8) is 0 Å². The second kappa shape index (κ2) is 4.74. The smallest absolute Gasteiger partial charge is 0.235 e. The standard InChI is InChI=1S/C11H11BrN2O2/c12-5-7-1-3-9(13-6-7)8-2-4-10(15)14-11(8)16/h1,3,6,8H,2,4-5H2,(H,14,15,16). The van der Waals surface area contributed by atoms with Gasteiger partial charge in [0, 0.05) is 17.9 Å². The van der Waals surface area contributed by atoms with E-state index >= 15 is 0 Å². The van der Waals surface area contributed by atoms with E-state index in [9.17, 15) is 9.59 Å². The van der Waals surface area contributed by atoms with Gasteiger partial charge in [-0.3, -0.25) is 19.9 Å². The van der Waals surface area contributed by atoms with Crippen molar-refractivity contribution < 1.29 is 9.59 Å². The molecule has 84 valence electrons. The lowest BCUT2D eigenvalue weighted by Gasteiger charge is -2.20. The topological polar surface area (TPSA) is 59.1 Å². The molecule has 1 fully saturated rings. The molecule has 0 bridgehead atoms. The van der Waals surface area contributed by atoms with Crippen LogP contribution >= 0.6 is 15.9 Å². The number of pyridine rings is 1. The van der Waals surface area contributed by atoms with Gasteiger partial charge in [-0.2, -0.15) is 0 Å². The summed E-state index contributed by atoms with van der Waals surface area (Å²) >= 11 is 3.33. The zero-order valence-electron chi connectivity index (χ0n) is 8.57. The third kappa shape index (κ3) is 2.29. The normalized spacial score (nSPS) is 20.7. The molecule has 0 saturated carbocycles. The molecule has 0 radical (unpaired) electrons. The summed E-state index contributed by atoms with van der Waals surface area (Å²) in [6.45, 7) is 0. The molecule has 1 unspecified atom stereocenters. The minimum Gasteiger partial charge on any atom is -0.296 e. The Kier molecular flexibility index (Phi) is 3.33. The van der Waals surface area contributed by atoms with Crippen LogP contribution in [0.1, 0.15) is 30.0 Å². The van der Waals surface area contributed by atoms with Crippen LogP contribution in [0.2, 0.25) is 0 Å². The first-order chi connectivity index (χ1) is 7.70. The summed E-state index contributed by atoms with van der Waals surface area (Å²) in [4.78, 5) is 26.8. The molecule has 1 aromatic heterocycles.